The van der Waals surface area contributed by atoms with E-state index < -0.39 is 0 Å². The molecule has 1 saturated carbocycles. The van der Waals surface area contributed by atoms with Crippen molar-refractivity contribution in [2.24, 2.45) is 5.92 Å². The molecule has 1 fully saturated rings. The molecule has 0 aliphatic heterocycles. The Kier molecular flexibility index (Phi) is 8.23. The summed E-state index contributed by atoms with van der Waals surface area (Å²) in [6, 6.07) is 3.52. The lowest BCUT2D eigenvalue weighted by atomic mass is 10.0. The van der Waals surface area contributed by atoms with Gasteiger partial charge in [-0.1, -0.05) is 25.7 Å². The van der Waals surface area contributed by atoms with Crippen LogP contribution in [0.1, 0.15) is 44.1 Å². The van der Waals surface area contributed by atoms with Crippen LogP contribution in [-0.2, 0) is 20.9 Å². The van der Waals surface area contributed by atoms with E-state index in [1.54, 1.807) is 12.1 Å². The molecule has 0 aromatic heterocycles. The molecule has 1 aromatic rings. The number of nitrogens with one attached hydrogen (secondary N) is 1. The van der Waals surface area contributed by atoms with Crippen molar-refractivity contribution >= 4 is 11.9 Å². The number of benzene rings is 1. The van der Waals surface area contributed by atoms with Crippen molar-refractivity contribution in [3.63, 3.8) is 0 Å². The molecule has 0 atom stereocenters. The van der Waals surface area contributed by atoms with Crippen molar-refractivity contribution in [3.8, 4) is 17.2 Å². The minimum atomic E-state index is -0.349. The average Bonchev–Trinajstić information content (AvgIpc) is 3.21. The van der Waals surface area contributed by atoms with E-state index in [0.29, 0.717) is 29.6 Å². The van der Waals surface area contributed by atoms with E-state index in [1.807, 2.05) is 0 Å². The number of methoxy groups -OCH3 is 3. The maximum Gasteiger partial charge on any atom is 0.306 e. The van der Waals surface area contributed by atoms with Crippen LogP contribution in [0.2, 0.25) is 0 Å². The van der Waals surface area contributed by atoms with E-state index in [2.05, 4.69) is 5.32 Å². The molecule has 0 saturated heterocycles. The Morgan fingerprint density at radius 2 is 1.67 bits per heavy atom. The second-order valence-electron chi connectivity index (χ2n) is 6.66. The molecule has 2 rings (SSSR count). The summed E-state index contributed by atoms with van der Waals surface area (Å²) in [5.41, 5.74) is 0.783. The second-order valence-corrected chi connectivity index (χ2v) is 6.66. The molecule has 150 valence electrons. The van der Waals surface area contributed by atoms with Crippen LogP contribution in [-0.4, -0.2) is 39.8 Å². The number of carbonyl (C=O) groups is 2. The van der Waals surface area contributed by atoms with Gasteiger partial charge < -0.3 is 24.3 Å². The molecule has 1 N–H and O–H groups in total. The molecule has 0 radical (unpaired) electrons. The third-order valence-electron chi connectivity index (χ3n) is 4.81. The van der Waals surface area contributed by atoms with Crippen LogP contribution in [0.4, 0.5) is 0 Å². The first-order valence-corrected chi connectivity index (χ1v) is 9.28. The molecule has 0 bridgehead atoms. The van der Waals surface area contributed by atoms with Gasteiger partial charge in [0.2, 0.25) is 5.75 Å². The van der Waals surface area contributed by atoms with Crippen LogP contribution >= 0.6 is 0 Å². The van der Waals surface area contributed by atoms with Gasteiger partial charge in [-0.15, -0.1) is 0 Å². The van der Waals surface area contributed by atoms with Crippen LogP contribution in [0.5, 0.6) is 17.2 Å². The highest BCUT2D eigenvalue weighted by Crippen LogP contribution is 2.38. The standard InChI is InChI=1S/C20H29NO6/c1-24-16-10-15(11-17(25-2)20(16)26-3)12-21-18(22)13-27-19(23)9-8-14-6-4-5-7-14/h10-11,14H,4-9,12-13H2,1-3H3,(H,21,22). The Hall–Kier alpha value is -2.44. The van der Waals surface area contributed by atoms with Crippen molar-refractivity contribution in [1.82, 2.24) is 5.32 Å². The Bertz CT molecular complexity index is 614. The summed E-state index contributed by atoms with van der Waals surface area (Å²) in [5.74, 6) is 1.49. The zero-order chi connectivity index (χ0) is 19.6. The van der Waals surface area contributed by atoms with Gasteiger partial charge in [-0.05, 0) is 30.0 Å². The van der Waals surface area contributed by atoms with Crippen LogP contribution in [0.15, 0.2) is 12.1 Å². The molecule has 0 spiro atoms. The number of rotatable bonds is 10. The average molecular weight is 379 g/mol. The van der Waals surface area contributed by atoms with Gasteiger partial charge in [-0.2, -0.15) is 0 Å². The first-order valence-electron chi connectivity index (χ1n) is 9.28. The smallest absolute Gasteiger partial charge is 0.306 e. The van der Waals surface area contributed by atoms with E-state index in [9.17, 15) is 9.59 Å². The van der Waals surface area contributed by atoms with Gasteiger partial charge >= 0.3 is 5.97 Å². The zero-order valence-electron chi connectivity index (χ0n) is 16.3. The topological polar surface area (TPSA) is 83.1 Å². The largest absolute Gasteiger partial charge is 0.493 e. The number of hydrogen-bond acceptors (Lipinski definition) is 6. The molecule has 0 heterocycles. The fourth-order valence-corrected chi connectivity index (χ4v) is 3.33. The molecule has 1 aliphatic carbocycles. The second kappa shape index (κ2) is 10.6. The van der Waals surface area contributed by atoms with Crippen molar-refractivity contribution < 1.29 is 28.5 Å². The van der Waals surface area contributed by atoms with Gasteiger partial charge in [-0.3, -0.25) is 9.59 Å². The summed E-state index contributed by atoms with van der Waals surface area (Å²) in [5, 5.41) is 2.72. The number of hydrogen-bond donors (Lipinski definition) is 1. The highest BCUT2D eigenvalue weighted by molar-refractivity contribution is 5.80. The molecule has 0 unspecified atom stereocenters. The van der Waals surface area contributed by atoms with Crippen LogP contribution in [0.25, 0.3) is 0 Å². The molecular formula is C20H29NO6. The monoisotopic (exact) mass is 379 g/mol. The number of ether oxygens (including phenoxy) is 4. The van der Waals surface area contributed by atoms with E-state index in [0.717, 1.165) is 12.0 Å². The number of carbonyl (C=O) groups excluding carboxylic acids is 2. The maximum atomic E-state index is 11.9. The quantitative estimate of drug-likeness (QED) is 0.630. The number of esters is 1. The van der Waals surface area contributed by atoms with Crippen molar-refractivity contribution in [2.45, 2.75) is 45.1 Å². The summed E-state index contributed by atoms with van der Waals surface area (Å²) in [6.45, 7) is -0.0108. The minimum absolute atomic E-state index is 0.259. The molecule has 1 amide bonds. The predicted octanol–water partition coefficient (Wildman–Crippen LogP) is 2.84. The molecule has 1 aromatic carbocycles. The van der Waals surface area contributed by atoms with E-state index in [4.69, 9.17) is 18.9 Å². The lowest BCUT2D eigenvalue weighted by molar-refractivity contribution is -0.148. The summed E-state index contributed by atoms with van der Waals surface area (Å²) < 4.78 is 20.9. The molecule has 7 heteroatoms. The van der Waals surface area contributed by atoms with Crippen molar-refractivity contribution in [1.29, 1.82) is 0 Å². The normalized spacial score (nSPS) is 13.9. The lowest BCUT2D eigenvalue weighted by Gasteiger charge is -2.14. The summed E-state index contributed by atoms with van der Waals surface area (Å²) in [7, 11) is 4.60. The highest BCUT2D eigenvalue weighted by atomic mass is 16.5. The Morgan fingerprint density at radius 1 is 1.04 bits per heavy atom. The third kappa shape index (κ3) is 6.34. The van der Waals surface area contributed by atoms with Crippen LogP contribution in [0.3, 0.4) is 0 Å². The summed E-state index contributed by atoms with van der Waals surface area (Å²) in [6.07, 6.45) is 6.13. The minimum Gasteiger partial charge on any atom is -0.493 e. The van der Waals surface area contributed by atoms with Crippen molar-refractivity contribution in [2.75, 3.05) is 27.9 Å². The lowest BCUT2D eigenvalue weighted by Crippen LogP contribution is -2.28. The number of amides is 1. The van der Waals surface area contributed by atoms with Crippen LogP contribution in [0, 0.1) is 5.92 Å². The molecule has 1 aliphatic rings. The van der Waals surface area contributed by atoms with E-state index in [-0.39, 0.29) is 25.0 Å². The van der Waals surface area contributed by atoms with Gasteiger partial charge in [-0.25, -0.2) is 0 Å². The maximum absolute atomic E-state index is 11.9. The summed E-state index contributed by atoms with van der Waals surface area (Å²) >= 11 is 0. The molecule has 7 nitrogen and oxygen atoms in total. The highest BCUT2D eigenvalue weighted by Gasteiger charge is 2.17. The third-order valence-corrected chi connectivity index (χ3v) is 4.81. The van der Waals surface area contributed by atoms with E-state index in [1.165, 1.54) is 47.0 Å². The van der Waals surface area contributed by atoms with Crippen LogP contribution < -0.4 is 19.5 Å². The molecular weight excluding hydrogens is 350 g/mol. The Labute approximate surface area is 160 Å². The van der Waals surface area contributed by atoms with Gasteiger partial charge in [0.15, 0.2) is 18.1 Å². The zero-order valence-corrected chi connectivity index (χ0v) is 16.3. The van der Waals surface area contributed by atoms with Gasteiger partial charge in [0.05, 0.1) is 21.3 Å². The Balaban J connectivity index is 1.76. The SMILES string of the molecule is COc1cc(CNC(=O)COC(=O)CCC2CCCC2)cc(OC)c1OC. The van der Waals surface area contributed by atoms with Gasteiger partial charge in [0.1, 0.15) is 0 Å². The Morgan fingerprint density at radius 3 is 2.22 bits per heavy atom. The van der Waals surface area contributed by atoms with E-state index >= 15 is 0 Å². The predicted molar refractivity (Wildman–Crippen MR) is 100 cm³/mol. The fourth-order valence-electron chi connectivity index (χ4n) is 3.33. The fraction of sp³-hybridized carbons (Fsp3) is 0.600. The first-order chi connectivity index (χ1) is 13.1. The summed E-state index contributed by atoms with van der Waals surface area (Å²) in [4.78, 5) is 23.7. The van der Waals surface area contributed by atoms with Gasteiger partial charge in [0.25, 0.3) is 5.91 Å². The molecule has 27 heavy (non-hydrogen) atoms. The van der Waals surface area contributed by atoms with Crippen molar-refractivity contribution in [3.05, 3.63) is 17.7 Å². The van der Waals surface area contributed by atoms with Gasteiger partial charge in [0, 0.05) is 13.0 Å². The first kappa shape index (κ1) is 20.9.